The maximum atomic E-state index is 6.06. The Labute approximate surface area is 106 Å². The van der Waals surface area contributed by atoms with Crippen LogP contribution >= 0.6 is 0 Å². The van der Waals surface area contributed by atoms with Crippen LogP contribution in [0.4, 0.5) is 0 Å². The van der Waals surface area contributed by atoms with Crippen molar-refractivity contribution in [1.82, 2.24) is 9.78 Å². The highest BCUT2D eigenvalue weighted by Gasteiger charge is 2.42. The number of fused-ring (bicyclic) bond motifs is 3. The number of likely N-dealkylation sites (tertiary alicyclic amines) is 1. The molecule has 3 heterocycles. The van der Waals surface area contributed by atoms with Crippen molar-refractivity contribution >= 4 is 10.9 Å². The minimum atomic E-state index is 0.222. The average molecular weight is 244 g/mol. The van der Waals surface area contributed by atoms with Crippen molar-refractivity contribution in [2.75, 3.05) is 20.2 Å². The Morgan fingerprint density at radius 1 is 1.39 bits per heavy atom. The monoisotopic (exact) mass is 244 g/mol. The van der Waals surface area contributed by atoms with Gasteiger partial charge in [0.25, 0.3) is 0 Å². The molecule has 1 saturated heterocycles. The molecule has 1 N–H and O–H groups in total. The summed E-state index contributed by atoms with van der Waals surface area (Å²) in [5, 5.41) is 5.96. The fourth-order valence-electron chi connectivity index (χ4n) is 3.23. The van der Waals surface area contributed by atoms with Gasteiger partial charge in [-0.05, 0) is 6.07 Å². The van der Waals surface area contributed by atoms with Gasteiger partial charge >= 0.3 is 0 Å². The predicted octanol–water partition coefficient (Wildman–Crippen LogP) is 0.395. The first kappa shape index (κ1) is 10.5. The average Bonchev–Trinajstić information content (AvgIpc) is 2.76. The molecule has 1 aromatic carbocycles. The highest BCUT2D eigenvalue weighted by atomic mass is 16.5. The van der Waals surface area contributed by atoms with Crippen molar-refractivity contribution in [1.29, 1.82) is 0 Å². The molecule has 4 rings (SSSR count). The molecule has 0 saturated carbocycles. The summed E-state index contributed by atoms with van der Waals surface area (Å²) in [4.78, 5) is 1.58. The first-order valence-corrected chi connectivity index (χ1v) is 6.74. The quantitative estimate of drug-likeness (QED) is 0.787. The number of hydrogen-bond acceptors (Lipinski definition) is 2. The standard InChI is InChI=1S/C14H17N3O/c1-16-7-6-12(16)14-13-10-4-2-3-5-11(10)15-17(13)8-9-18-14/h2-5,12,14H,6-9H2,1H3/p+1. The lowest BCUT2D eigenvalue weighted by Crippen LogP contribution is -3.20. The minimum Gasteiger partial charge on any atom is -0.364 e. The van der Waals surface area contributed by atoms with E-state index in [1.807, 2.05) is 0 Å². The molecule has 0 radical (unpaired) electrons. The molecule has 4 heteroatoms. The Balaban J connectivity index is 1.86. The zero-order chi connectivity index (χ0) is 12.1. The number of aromatic nitrogens is 2. The summed E-state index contributed by atoms with van der Waals surface area (Å²) in [5.41, 5.74) is 2.39. The first-order valence-electron chi connectivity index (χ1n) is 6.74. The van der Waals surface area contributed by atoms with E-state index in [0.717, 1.165) is 18.7 Å². The number of nitrogens with one attached hydrogen (secondary N) is 1. The van der Waals surface area contributed by atoms with Gasteiger partial charge in [-0.15, -0.1) is 0 Å². The van der Waals surface area contributed by atoms with Gasteiger partial charge in [-0.2, -0.15) is 5.10 Å². The van der Waals surface area contributed by atoms with Crippen LogP contribution in [0.2, 0.25) is 0 Å². The summed E-state index contributed by atoms with van der Waals surface area (Å²) >= 11 is 0. The molecule has 94 valence electrons. The lowest BCUT2D eigenvalue weighted by atomic mass is 9.93. The molecule has 2 aromatic rings. The van der Waals surface area contributed by atoms with Gasteiger partial charge in [0.15, 0.2) is 6.10 Å². The van der Waals surface area contributed by atoms with Crippen molar-refractivity contribution in [2.24, 2.45) is 0 Å². The molecule has 2 aliphatic heterocycles. The van der Waals surface area contributed by atoms with Gasteiger partial charge in [-0.25, -0.2) is 0 Å². The highest BCUT2D eigenvalue weighted by molar-refractivity contribution is 5.82. The number of nitrogens with zero attached hydrogens (tertiary/aromatic N) is 2. The van der Waals surface area contributed by atoms with Crippen LogP contribution in [-0.2, 0) is 11.3 Å². The maximum absolute atomic E-state index is 6.06. The zero-order valence-electron chi connectivity index (χ0n) is 10.6. The van der Waals surface area contributed by atoms with Crippen LogP contribution in [0.1, 0.15) is 18.2 Å². The van der Waals surface area contributed by atoms with Crippen molar-refractivity contribution in [3.8, 4) is 0 Å². The van der Waals surface area contributed by atoms with E-state index < -0.39 is 0 Å². The SMILES string of the molecule is C[NH+]1CCC1C1OCCn2nc3ccccc3c21. The Hall–Kier alpha value is -1.39. The van der Waals surface area contributed by atoms with Gasteiger partial charge in [-0.1, -0.05) is 18.2 Å². The van der Waals surface area contributed by atoms with E-state index in [-0.39, 0.29) is 6.10 Å². The molecule has 0 amide bonds. The molecule has 3 unspecified atom stereocenters. The number of benzene rings is 1. The number of hydrogen-bond donors (Lipinski definition) is 1. The molecular formula is C14H18N3O+. The van der Waals surface area contributed by atoms with Crippen molar-refractivity contribution in [3.05, 3.63) is 30.0 Å². The van der Waals surface area contributed by atoms with Crippen LogP contribution < -0.4 is 4.90 Å². The van der Waals surface area contributed by atoms with E-state index in [1.54, 1.807) is 4.90 Å². The summed E-state index contributed by atoms with van der Waals surface area (Å²) in [7, 11) is 2.26. The Kier molecular flexibility index (Phi) is 2.22. The third kappa shape index (κ3) is 1.36. The van der Waals surface area contributed by atoms with Crippen LogP contribution in [0, 0.1) is 0 Å². The fraction of sp³-hybridized carbons (Fsp3) is 0.500. The second kappa shape index (κ2) is 3.80. The van der Waals surface area contributed by atoms with Crippen molar-refractivity contribution in [2.45, 2.75) is 25.1 Å². The van der Waals surface area contributed by atoms with E-state index in [2.05, 4.69) is 36.0 Å². The first-order chi connectivity index (χ1) is 8.84. The molecule has 3 atom stereocenters. The second-order valence-corrected chi connectivity index (χ2v) is 5.41. The lowest BCUT2D eigenvalue weighted by molar-refractivity contribution is -0.953. The lowest BCUT2D eigenvalue weighted by Gasteiger charge is -2.40. The van der Waals surface area contributed by atoms with E-state index in [9.17, 15) is 0 Å². The predicted molar refractivity (Wildman–Crippen MR) is 68.6 cm³/mol. The fourth-order valence-corrected chi connectivity index (χ4v) is 3.23. The second-order valence-electron chi connectivity index (χ2n) is 5.41. The summed E-state index contributed by atoms with van der Waals surface area (Å²) in [6.45, 7) is 2.93. The number of rotatable bonds is 1. The molecule has 2 aliphatic rings. The highest BCUT2D eigenvalue weighted by Crippen LogP contribution is 2.32. The molecule has 0 aliphatic carbocycles. The van der Waals surface area contributed by atoms with Crippen LogP contribution in [0.15, 0.2) is 24.3 Å². The minimum absolute atomic E-state index is 0.222. The van der Waals surface area contributed by atoms with Crippen LogP contribution in [-0.4, -0.2) is 36.0 Å². The van der Waals surface area contributed by atoms with Gasteiger partial charge < -0.3 is 9.64 Å². The topological polar surface area (TPSA) is 31.5 Å². The number of ether oxygens (including phenoxy) is 1. The van der Waals surface area contributed by atoms with E-state index >= 15 is 0 Å². The summed E-state index contributed by atoms with van der Waals surface area (Å²) in [6, 6.07) is 9.01. The van der Waals surface area contributed by atoms with E-state index in [4.69, 9.17) is 9.84 Å². The van der Waals surface area contributed by atoms with E-state index in [1.165, 1.54) is 24.0 Å². The normalized spacial score (nSPS) is 31.1. The van der Waals surface area contributed by atoms with Crippen molar-refractivity contribution < 1.29 is 9.64 Å². The molecule has 1 fully saturated rings. The molecule has 0 bridgehead atoms. The zero-order valence-corrected chi connectivity index (χ0v) is 10.6. The van der Waals surface area contributed by atoms with Crippen LogP contribution in [0.25, 0.3) is 10.9 Å². The van der Waals surface area contributed by atoms with Gasteiger partial charge in [0, 0.05) is 5.39 Å². The number of likely N-dealkylation sites (N-methyl/N-ethyl adjacent to an activating group) is 1. The third-order valence-electron chi connectivity index (χ3n) is 4.40. The summed E-state index contributed by atoms with van der Waals surface area (Å²) in [5.74, 6) is 0. The molecule has 4 nitrogen and oxygen atoms in total. The van der Waals surface area contributed by atoms with Gasteiger partial charge in [0.05, 0.1) is 44.4 Å². The van der Waals surface area contributed by atoms with Crippen LogP contribution in [0.3, 0.4) is 0 Å². The van der Waals surface area contributed by atoms with Gasteiger partial charge in [0.1, 0.15) is 6.04 Å². The third-order valence-corrected chi connectivity index (χ3v) is 4.40. The Bertz CT molecular complexity index is 592. The van der Waals surface area contributed by atoms with E-state index in [0.29, 0.717) is 6.04 Å². The maximum Gasteiger partial charge on any atom is 0.151 e. The van der Waals surface area contributed by atoms with Crippen LogP contribution in [0.5, 0.6) is 0 Å². The largest absolute Gasteiger partial charge is 0.364 e. The van der Waals surface area contributed by atoms with Gasteiger partial charge in [0.2, 0.25) is 0 Å². The van der Waals surface area contributed by atoms with Crippen molar-refractivity contribution in [3.63, 3.8) is 0 Å². The molecule has 0 spiro atoms. The Morgan fingerprint density at radius 3 is 3.06 bits per heavy atom. The summed E-state index contributed by atoms with van der Waals surface area (Å²) < 4.78 is 8.22. The van der Waals surface area contributed by atoms with Gasteiger partial charge in [-0.3, -0.25) is 4.68 Å². The Morgan fingerprint density at radius 2 is 2.28 bits per heavy atom. The molecular weight excluding hydrogens is 226 g/mol. The molecule has 1 aromatic heterocycles. The molecule has 18 heavy (non-hydrogen) atoms. The smallest absolute Gasteiger partial charge is 0.151 e. The number of quaternary nitrogens is 1. The summed E-state index contributed by atoms with van der Waals surface area (Å²) in [6.07, 6.45) is 1.48.